The van der Waals surface area contributed by atoms with E-state index in [0.717, 1.165) is 5.56 Å². The molecule has 160 valence electrons. The number of anilines is 1. The summed E-state index contributed by atoms with van der Waals surface area (Å²) in [4.78, 5) is 24.5. The van der Waals surface area contributed by atoms with E-state index in [1.54, 1.807) is 38.5 Å². The predicted octanol–water partition coefficient (Wildman–Crippen LogP) is 2.98. The molecule has 30 heavy (non-hydrogen) atoms. The smallest absolute Gasteiger partial charge is 0.306 e. The molecule has 0 saturated carbocycles. The predicted molar refractivity (Wildman–Crippen MR) is 109 cm³/mol. The number of esters is 1. The second-order valence-electron chi connectivity index (χ2n) is 6.67. The number of nitrogens with one attached hydrogen (secondary N) is 1. The maximum Gasteiger partial charge on any atom is 0.306 e. The van der Waals surface area contributed by atoms with Crippen molar-refractivity contribution < 1.29 is 33.3 Å². The van der Waals surface area contributed by atoms with Crippen LogP contribution in [0.25, 0.3) is 0 Å². The van der Waals surface area contributed by atoms with Gasteiger partial charge in [-0.05, 0) is 43.2 Å². The van der Waals surface area contributed by atoms with Crippen LogP contribution in [-0.2, 0) is 20.7 Å². The number of aryl methyl sites for hydroxylation is 1. The van der Waals surface area contributed by atoms with Crippen LogP contribution in [0.5, 0.6) is 23.0 Å². The number of benzene rings is 2. The standard InChI is InChI=1S/C22H25NO7/c1-14(22(25)23-16-6-8-18-20(13-16)29-11-10-28-18)30-21(24)9-5-15-4-7-17(26-2)19(12-15)27-3/h4,6-8,12-14H,5,9-11H2,1-3H3,(H,23,25)/t14-/m1/s1. The summed E-state index contributed by atoms with van der Waals surface area (Å²) in [7, 11) is 3.12. The van der Waals surface area contributed by atoms with Gasteiger partial charge in [-0.15, -0.1) is 0 Å². The number of carbonyl (C=O) groups excluding carboxylic acids is 2. The number of carbonyl (C=O) groups is 2. The fraction of sp³-hybridized carbons (Fsp3) is 0.364. The van der Waals surface area contributed by atoms with Crippen LogP contribution in [0.1, 0.15) is 18.9 Å². The third-order valence-corrected chi connectivity index (χ3v) is 4.55. The van der Waals surface area contributed by atoms with Crippen molar-refractivity contribution in [3.05, 3.63) is 42.0 Å². The van der Waals surface area contributed by atoms with Crippen LogP contribution in [0, 0.1) is 0 Å². The highest BCUT2D eigenvalue weighted by Crippen LogP contribution is 2.32. The van der Waals surface area contributed by atoms with Gasteiger partial charge in [0, 0.05) is 18.2 Å². The second-order valence-corrected chi connectivity index (χ2v) is 6.67. The van der Waals surface area contributed by atoms with Crippen molar-refractivity contribution in [1.29, 1.82) is 0 Å². The van der Waals surface area contributed by atoms with Gasteiger partial charge in [0.05, 0.1) is 14.2 Å². The third-order valence-electron chi connectivity index (χ3n) is 4.55. The normalized spacial score (nSPS) is 13.2. The molecule has 0 bridgehead atoms. The maximum atomic E-state index is 12.4. The lowest BCUT2D eigenvalue weighted by molar-refractivity contribution is -0.153. The molecule has 1 aliphatic rings. The fourth-order valence-corrected chi connectivity index (χ4v) is 2.96. The summed E-state index contributed by atoms with van der Waals surface area (Å²) in [6.45, 7) is 2.48. The quantitative estimate of drug-likeness (QED) is 0.663. The van der Waals surface area contributed by atoms with E-state index in [-0.39, 0.29) is 6.42 Å². The van der Waals surface area contributed by atoms with Crippen LogP contribution >= 0.6 is 0 Å². The molecule has 0 saturated heterocycles. The molecule has 8 heteroatoms. The number of hydrogen-bond acceptors (Lipinski definition) is 7. The molecule has 0 spiro atoms. The van der Waals surface area contributed by atoms with Crippen molar-refractivity contribution in [3.63, 3.8) is 0 Å². The second kappa shape index (κ2) is 9.87. The third kappa shape index (κ3) is 5.34. The molecule has 0 radical (unpaired) electrons. The highest BCUT2D eigenvalue weighted by Gasteiger charge is 2.19. The van der Waals surface area contributed by atoms with Crippen LogP contribution in [0.4, 0.5) is 5.69 Å². The van der Waals surface area contributed by atoms with Gasteiger partial charge in [0.2, 0.25) is 0 Å². The Morgan fingerprint density at radius 2 is 1.73 bits per heavy atom. The monoisotopic (exact) mass is 415 g/mol. The molecule has 3 rings (SSSR count). The van der Waals surface area contributed by atoms with Crippen LogP contribution < -0.4 is 24.3 Å². The molecule has 1 atom stereocenters. The highest BCUT2D eigenvalue weighted by atomic mass is 16.6. The molecule has 1 aliphatic heterocycles. The van der Waals surface area contributed by atoms with E-state index in [2.05, 4.69) is 5.32 Å². The summed E-state index contributed by atoms with van der Waals surface area (Å²) in [5.41, 5.74) is 1.44. The van der Waals surface area contributed by atoms with Gasteiger partial charge in [0.1, 0.15) is 13.2 Å². The van der Waals surface area contributed by atoms with E-state index < -0.39 is 18.0 Å². The van der Waals surface area contributed by atoms with Gasteiger partial charge in [-0.25, -0.2) is 0 Å². The Labute approximate surface area is 175 Å². The largest absolute Gasteiger partial charge is 0.493 e. The average Bonchev–Trinajstić information content (AvgIpc) is 2.77. The first-order chi connectivity index (χ1) is 14.5. The van der Waals surface area contributed by atoms with Crippen LogP contribution in [-0.4, -0.2) is 45.4 Å². The minimum atomic E-state index is -0.934. The Morgan fingerprint density at radius 1 is 1.00 bits per heavy atom. The fourth-order valence-electron chi connectivity index (χ4n) is 2.96. The molecule has 0 aliphatic carbocycles. The number of amides is 1. The maximum absolute atomic E-state index is 12.4. The van der Waals surface area contributed by atoms with Gasteiger partial charge in [-0.3, -0.25) is 9.59 Å². The molecule has 0 fully saturated rings. The molecular weight excluding hydrogens is 390 g/mol. The van der Waals surface area contributed by atoms with Gasteiger partial charge in [0.25, 0.3) is 5.91 Å². The van der Waals surface area contributed by atoms with E-state index in [4.69, 9.17) is 23.7 Å². The minimum absolute atomic E-state index is 0.136. The molecule has 1 amide bonds. The zero-order chi connectivity index (χ0) is 21.5. The average molecular weight is 415 g/mol. The van der Waals surface area contributed by atoms with Crippen molar-refractivity contribution in [2.45, 2.75) is 25.9 Å². The summed E-state index contributed by atoms with van der Waals surface area (Å²) in [6.07, 6.45) is -0.344. The van der Waals surface area contributed by atoms with Crippen LogP contribution in [0.3, 0.4) is 0 Å². The molecule has 0 aromatic heterocycles. The Balaban J connectivity index is 1.49. The summed E-state index contributed by atoms with van der Waals surface area (Å²) >= 11 is 0. The summed E-state index contributed by atoms with van der Waals surface area (Å²) in [5.74, 6) is 1.53. The Kier molecular flexibility index (Phi) is 7.00. The topological polar surface area (TPSA) is 92.3 Å². The molecule has 1 N–H and O–H groups in total. The zero-order valence-corrected chi connectivity index (χ0v) is 17.2. The molecule has 0 unspecified atom stereocenters. The number of fused-ring (bicyclic) bond motifs is 1. The van der Waals surface area contributed by atoms with Crippen LogP contribution in [0.15, 0.2) is 36.4 Å². The minimum Gasteiger partial charge on any atom is -0.493 e. The Morgan fingerprint density at radius 3 is 2.47 bits per heavy atom. The molecule has 8 nitrogen and oxygen atoms in total. The number of rotatable bonds is 8. The lowest BCUT2D eigenvalue weighted by Crippen LogP contribution is -2.30. The van der Waals surface area contributed by atoms with E-state index in [9.17, 15) is 9.59 Å². The van der Waals surface area contributed by atoms with Crippen molar-refractivity contribution >= 4 is 17.6 Å². The number of methoxy groups -OCH3 is 2. The molecular formula is C22H25NO7. The van der Waals surface area contributed by atoms with Gasteiger partial charge in [-0.1, -0.05) is 6.07 Å². The summed E-state index contributed by atoms with van der Waals surface area (Å²) in [5, 5.41) is 2.72. The van der Waals surface area contributed by atoms with Gasteiger partial charge >= 0.3 is 5.97 Å². The lowest BCUT2D eigenvalue weighted by atomic mass is 10.1. The van der Waals surface area contributed by atoms with Crippen molar-refractivity contribution in [1.82, 2.24) is 0 Å². The van der Waals surface area contributed by atoms with Crippen LogP contribution in [0.2, 0.25) is 0 Å². The van der Waals surface area contributed by atoms with Gasteiger partial charge in [0.15, 0.2) is 29.1 Å². The van der Waals surface area contributed by atoms with Crippen molar-refractivity contribution in [2.75, 3.05) is 32.8 Å². The lowest BCUT2D eigenvalue weighted by Gasteiger charge is -2.19. The molecule has 2 aromatic carbocycles. The first-order valence-electron chi connectivity index (χ1n) is 9.61. The SMILES string of the molecule is COc1ccc(CCC(=O)O[C@H](C)C(=O)Nc2ccc3c(c2)OCCO3)cc1OC. The Hall–Kier alpha value is -3.42. The first-order valence-corrected chi connectivity index (χ1v) is 9.61. The van der Waals surface area contributed by atoms with E-state index >= 15 is 0 Å². The zero-order valence-electron chi connectivity index (χ0n) is 17.2. The first kappa shape index (κ1) is 21.3. The Bertz CT molecular complexity index is 912. The van der Waals surface area contributed by atoms with Crippen molar-refractivity contribution in [3.8, 4) is 23.0 Å². The number of hydrogen-bond donors (Lipinski definition) is 1. The number of ether oxygens (including phenoxy) is 5. The van der Waals surface area contributed by atoms with E-state index in [0.29, 0.717) is 48.3 Å². The van der Waals surface area contributed by atoms with Gasteiger partial charge < -0.3 is 29.0 Å². The molecule has 2 aromatic rings. The summed E-state index contributed by atoms with van der Waals surface area (Å²) in [6, 6.07) is 10.6. The summed E-state index contributed by atoms with van der Waals surface area (Å²) < 4.78 is 26.7. The van der Waals surface area contributed by atoms with E-state index in [1.807, 2.05) is 12.1 Å². The van der Waals surface area contributed by atoms with Gasteiger partial charge in [-0.2, -0.15) is 0 Å². The van der Waals surface area contributed by atoms with E-state index in [1.165, 1.54) is 6.92 Å². The highest BCUT2D eigenvalue weighted by molar-refractivity contribution is 5.95. The molecule has 1 heterocycles. The van der Waals surface area contributed by atoms with Crippen molar-refractivity contribution in [2.24, 2.45) is 0 Å².